The minimum atomic E-state index is -0.314. The molecule has 2 N–H and O–H groups in total. The van der Waals surface area contributed by atoms with Crippen molar-refractivity contribution in [3.63, 3.8) is 0 Å². The van der Waals surface area contributed by atoms with Crippen LogP contribution in [-0.4, -0.2) is 17.2 Å². The number of aromatic hydroxyl groups is 1. The van der Waals surface area contributed by atoms with E-state index in [1.54, 1.807) is 42.5 Å². The number of nitrogens with one attached hydrogen (secondary N) is 1. The lowest BCUT2D eigenvalue weighted by atomic mass is 10.2. The van der Waals surface area contributed by atoms with Crippen LogP contribution in [0.5, 0.6) is 5.75 Å². The Bertz CT molecular complexity index is 657. The number of carbonyl (C=O) groups is 1. The molecule has 0 aliphatic carbocycles. The van der Waals surface area contributed by atoms with Gasteiger partial charge in [0.15, 0.2) is 0 Å². The van der Waals surface area contributed by atoms with Crippen LogP contribution in [0.4, 0.5) is 0 Å². The normalized spacial score (nSPS) is 10.7. The van der Waals surface area contributed by atoms with Crippen molar-refractivity contribution in [3.05, 3.63) is 62.2 Å². The molecule has 20 heavy (non-hydrogen) atoms. The number of phenolic OH excluding ortho intramolecular Hbond substituents is 1. The largest absolute Gasteiger partial charge is 0.507 e. The van der Waals surface area contributed by atoms with Gasteiger partial charge in [0.05, 0.1) is 9.78 Å². The molecule has 1 amide bonds. The zero-order chi connectivity index (χ0) is 14.5. The van der Waals surface area contributed by atoms with Crippen molar-refractivity contribution in [1.82, 2.24) is 5.43 Å². The zero-order valence-corrected chi connectivity index (χ0v) is 13.1. The average Bonchev–Trinajstić information content (AvgIpc) is 2.43. The predicted molar refractivity (Wildman–Crippen MR) is 87.3 cm³/mol. The van der Waals surface area contributed by atoms with Gasteiger partial charge in [-0.2, -0.15) is 5.10 Å². The molecule has 0 atom stereocenters. The number of hydrogen-bond acceptors (Lipinski definition) is 3. The first kappa shape index (κ1) is 14.8. The van der Waals surface area contributed by atoms with Gasteiger partial charge in [0, 0.05) is 10.6 Å². The topological polar surface area (TPSA) is 61.7 Å². The quantitative estimate of drug-likeness (QED) is 0.471. The summed E-state index contributed by atoms with van der Waals surface area (Å²) in [4.78, 5) is 11.8. The second-order valence-corrected chi connectivity index (χ2v) is 5.52. The van der Waals surface area contributed by atoms with Crippen molar-refractivity contribution in [2.24, 2.45) is 5.10 Å². The molecule has 0 aromatic heterocycles. The van der Waals surface area contributed by atoms with Crippen LogP contribution in [0.2, 0.25) is 5.02 Å². The fourth-order valence-electron chi connectivity index (χ4n) is 1.43. The summed E-state index contributed by atoms with van der Waals surface area (Å²) in [6.07, 6.45) is 1.51. The van der Waals surface area contributed by atoms with E-state index in [2.05, 4.69) is 10.5 Å². The molecule has 0 saturated carbocycles. The van der Waals surface area contributed by atoms with E-state index in [4.69, 9.17) is 11.6 Å². The van der Waals surface area contributed by atoms with Crippen LogP contribution < -0.4 is 5.43 Å². The summed E-state index contributed by atoms with van der Waals surface area (Å²) < 4.78 is 0.718. The van der Waals surface area contributed by atoms with Crippen molar-refractivity contribution in [1.29, 1.82) is 0 Å². The Morgan fingerprint density at radius 1 is 1.25 bits per heavy atom. The number of amides is 1. The van der Waals surface area contributed by atoms with Crippen LogP contribution in [0.3, 0.4) is 0 Å². The Hall–Kier alpha value is -1.60. The van der Waals surface area contributed by atoms with Gasteiger partial charge in [-0.05, 0) is 70.6 Å². The van der Waals surface area contributed by atoms with Crippen molar-refractivity contribution < 1.29 is 9.90 Å². The molecule has 2 aromatic carbocycles. The molecule has 102 valence electrons. The van der Waals surface area contributed by atoms with Gasteiger partial charge in [-0.3, -0.25) is 4.79 Å². The van der Waals surface area contributed by atoms with E-state index in [1.807, 2.05) is 22.6 Å². The van der Waals surface area contributed by atoms with Crippen molar-refractivity contribution in [3.8, 4) is 5.75 Å². The summed E-state index contributed by atoms with van der Waals surface area (Å²) in [6.45, 7) is 0. The number of halogens is 2. The summed E-state index contributed by atoms with van der Waals surface area (Å²) in [6, 6.07) is 11.6. The second-order valence-electron chi connectivity index (χ2n) is 3.92. The number of nitrogens with zero attached hydrogens (tertiary/aromatic N) is 1. The van der Waals surface area contributed by atoms with Gasteiger partial charge in [0.1, 0.15) is 5.75 Å². The summed E-state index contributed by atoms with van der Waals surface area (Å²) in [7, 11) is 0. The summed E-state index contributed by atoms with van der Waals surface area (Å²) >= 11 is 7.76. The van der Waals surface area contributed by atoms with Gasteiger partial charge in [-0.1, -0.05) is 11.6 Å². The van der Waals surface area contributed by atoms with Gasteiger partial charge in [-0.15, -0.1) is 0 Å². The Morgan fingerprint density at radius 3 is 2.60 bits per heavy atom. The minimum Gasteiger partial charge on any atom is -0.507 e. The van der Waals surface area contributed by atoms with Crippen LogP contribution in [0.1, 0.15) is 15.9 Å². The fraction of sp³-hybridized carbons (Fsp3) is 0. The van der Waals surface area contributed by atoms with E-state index in [0.29, 0.717) is 10.6 Å². The first-order valence-electron chi connectivity index (χ1n) is 5.64. The third kappa shape index (κ3) is 3.94. The van der Waals surface area contributed by atoms with E-state index < -0.39 is 0 Å². The maximum absolute atomic E-state index is 11.8. The predicted octanol–water partition coefficient (Wildman–Crippen LogP) is 3.41. The third-order valence-electron chi connectivity index (χ3n) is 2.46. The highest BCUT2D eigenvalue weighted by molar-refractivity contribution is 14.1. The van der Waals surface area contributed by atoms with E-state index in [0.717, 1.165) is 9.13 Å². The highest BCUT2D eigenvalue weighted by Crippen LogP contribution is 2.19. The van der Waals surface area contributed by atoms with Crippen LogP contribution >= 0.6 is 34.2 Å². The Balaban J connectivity index is 2.00. The maximum atomic E-state index is 11.8. The lowest BCUT2D eigenvalue weighted by Gasteiger charge is -2.00. The zero-order valence-electron chi connectivity index (χ0n) is 10.2. The molecule has 0 fully saturated rings. The molecule has 0 bridgehead atoms. The van der Waals surface area contributed by atoms with Crippen molar-refractivity contribution in [2.45, 2.75) is 0 Å². The average molecular weight is 401 g/mol. The number of carbonyl (C=O) groups excluding carboxylic acids is 1. The molecule has 0 unspecified atom stereocenters. The van der Waals surface area contributed by atoms with Crippen molar-refractivity contribution in [2.75, 3.05) is 0 Å². The lowest BCUT2D eigenvalue weighted by Crippen LogP contribution is -2.17. The van der Waals surface area contributed by atoms with Gasteiger partial charge in [0.25, 0.3) is 5.91 Å². The molecular formula is C14H10ClIN2O2. The molecule has 2 rings (SSSR count). The monoisotopic (exact) mass is 400 g/mol. The molecule has 0 radical (unpaired) electrons. The van der Waals surface area contributed by atoms with Crippen molar-refractivity contribution >= 4 is 46.3 Å². The third-order valence-corrected chi connectivity index (χ3v) is 3.57. The second kappa shape index (κ2) is 6.71. The smallest absolute Gasteiger partial charge is 0.271 e. The fourth-order valence-corrected chi connectivity index (χ4v) is 2.10. The van der Waals surface area contributed by atoms with E-state index >= 15 is 0 Å². The first-order chi connectivity index (χ1) is 9.56. The number of hydrogen-bond donors (Lipinski definition) is 2. The maximum Gasteiger partial charge on any atom is 0.271 e. The molecule has 0 saturated heterocycles. The summed E-state index contributed by atoms with van der Waals surface area (Å²) in [5.74, 6) is -0.0978. The molecule has 0 aliphatic heterocycles. The Kier molecular flexibility index (Phi) is 4.97. The lowest BCUT2D eigenvalue weighted by molar-refractivity contribution is 0.0955. The van der Waals surface area contributed by atoms with Gasteiger partial charge in [-0.25, -0.2) is 5.43 Å². The van der Waals surface area contributed by atoms with Crippen LogP contribution in [0, 0.1) is 3.57 Å². The van der Waals surface area contributed by atoms with E-state index in [1.165, 1.54) is 6.21 Å². The Morgan fingerprint density at radius 2 is 1.95 bits per heavy atom. The number of rotatable bonds is 3. The first-order valence-corrected chi connectivity index (χ1v) is 7.09. The number of phenols is 1. The molecule has 4 nitrogen and oxygen atoms in total. The molecule has 0 spiro atoms. The SMILES string of the molecule is O=C(N/N=C/c1ccc(O)c(I)c1)c1ccc(Cl)cc1. The van der Waals surface area contributed by atoms with E-state index in [9.17, 15) is 9.90 Å². The standard InChI is InChI=1S/C14H10ClIN2O2/c15-11-4-2-10(3-5-11)14(20)18-17-8-9-1-6-13(19)12(16)7-9/h1-8,19H,(H,18,20)/b17-8+. The summed E-state index contributed by atoms with van der Waals surface area (Å²) in [5, 5.41) is 13.8. The summed E-state index contributed by atoms with van der Waals surface area (Å²) in [5.41, 5.74) is 3.68. The molecule has 2 aromatic rings. The van der Waals surface area contributed by atoms with Crippen LogP contribution in [-0.2, 0) is 0 Å². The van der Waals surface area contributed by atoms with Crippen LogP contribution in [0.25, 0.3) is 0 Å². The highest BCUT2D eigenvalue weighted by Gasteiger charge is 2.03. The van der Waals surface area contributed by atoms with E-state index in [-0.39, 0.29) is 11.7 Å². The number of benzene rings is 2. The molecule has 6 heteroatoms. The van der Waals surface area contributed by atoms with Gasteiger partial charge < -0.3 is 5.11 Å². The molecular weight excluding hydrogens is 391 g/mol. The minimum absolute atomic E-state index is 0.216. The number of hydrazone groups is 1. The van der Waals surface area contributed by atoms with Crippen LogP contribution in [0.15, 0.2) is 47.6 Å². The molecule has 0 aliphatic rings. The van der Waals surface area contributed by atoms with Gasteiger partial charge >= 0.3 is 0 Å². The molecule has 0 heterocycles. The van der Waals surface area contributed by atoms with Gasteiger partial charge in [0.2, 0.25) is 0 Å². The Labute approximate surface area is 134 Å². The highest BCUT2D eigenvalue weighted by atomic mass is 127.